The molecule has 1 saturated carbocycles. The average Bonchev–Trinajstić information content (AvgIpc) is 3.51. The molecule has 1 heterocycles. The molecule has 0 saturated heterocycles. The minimum absolute atomic E-state index is 0.0346. The van der Waals surface area contributed by atoms with E-state index in [2.05, 4.69) is 10.4 Å². The monoisotopic (exact) mass is 411 g/mol. The molecule has 0 bridgehead atoms. The number of rotatable bonds is 8. The Morgan fingerprint density at radius 3 is 2.67 bits per heavy atom. The lowest BCUT2D eigenvalue weighted by Crippen LogP contribution is -2.25. The number of nitrogens with zero attached hydrogens (tertiary/aromatic N) is 2. The number of nitrogens with one attached hydrogen (secondary N) is 1. The summed E-state index contributed by atoms with van der Waals surface area (Å²) in [7, 11) is 0. The molecule has 3 aromatic rings. The maximum atomic E-state index is 14.2. The minimum atomic E-state index is -0.804. The molecule has 7 heteroatoms. The minimum Gasteiger partial charge on any atom is -0.436 e. The molecule has 156 valence electrons. The zero-order valence-corrected chi connectivity index (χ0v) is 16.7. The molecule has 0 radical (unpaired) electrons. The van der Waals surface area contributed by atoms with E-state index in [-0.39, 0.29) is 18.1 Å². The van der Waals surface area contributed by atoms with E-state index in [1.807, 2.05) is 37.3 Å². The van der Waals surface area contributed by atoms with Crippen LogP contribution in [0.1, 0.15) is 30.5 Å². The summed E-state index contributed by atoms with van der Waals surface area (Å²) in [5, 5.41) is 7.50. The Kier molecular flexibility index (Phi) is 5.79. The summed E-state index contributed by atoms with van der Waals surface area (Å²) in [6.07, 6.45) is 3.01. The first-order chi connectivity index (χ1) is 14.5. The Morgan fingerprint density at radius 1 is 1.20 bits per heavy atom. The van der Waals surface area contributed by atoms with Crippen molar-refractivity contribution in [1.82, 2.24) is 15.1 Å². The van der Waals surface area contributed by atoms with Gasteiger partial charge in [0.2, 0.25) is 11.8 Å². The topological polar surface area (TPSA) is 56.2 Å². The van der Waals surface area contributed by atoms with Crippen molar-refractivity contribution in [3.63, 3.8) is 0 Å². The second-order valence-corrected chi connectivity index (χ2v) is 7.54. The summed E-state index contributed by atoms with van der Waals surface area (Å²) in [4.78, 5) is 12.2. The van der Waals surface area contributed by atoms with Gasteiger partial charge in [0.1, 0.15) is 5.82 Å². The molecule has 2 aromatic carbocycles. The molecule has 0 atom stereocenters. The molecule has 1 aliphatic carbocycles. The maximum Gasteiger partial charge on any atom is 0.226 e. The van der Waals surface area contributed by atoms with Crippen molar-refractivity contribution in [3.8, 4) is 17.3 Å². The van der Waals surface area contributed by atoms with E-state index in [0.29, 0.717) is 36.0 Å². The average molecular weight is 411 g/mol. The third kappa shape index (κ3) is 4.67. The van der Waals surface area contributed by atoms with Crippen LogP contribution in [0.3, 0.4) is 0 Å². The first-order valence-corrected chi connectivity index (χ1v) is 10.0. The van der Waals surface area contributed by atoms with E-state index in [4.69, 9.17) is 4.74 Å². The fourth-order valence-corrected chi connectivity index (χ4v) is 3.24. The number of aromatic nitrogens is 2. The number of benzene rings is 2. The number of ether oxygens (including phenoxy) is 1. The van der Waals surface area contributed by atoms with Gasteiger partial charge in [-0.05, 0) is 56.4 Å². The van der Waals surface area contributed by atoms with Gasteiger partial charge in [0, 0.05) is 24.6 Å². The molecule has 0 aliphatic heterocycles. The van der Waals surface area contributed by atoms with Crippen molar-refractivity contribution in [2.24, 2.45) is 5.92 Å². The molecule has 0 spiro atoms. The van der Waals surface area contributed by atoms with Crippen LogP contribution in [0, 0.1) is 24.5 Å². The van der Waals surface area contributed by atoms with Crippen molar-refractivity contribution in [2.45, 2.75) is 32.6 Å². The Labute approximate surface area is 173 Å². The highest BCUT2D eigenvalue weighted by atomic mass is 19.1. The van der Waals surface area contributed by atoms with Crippen molar-refractivity contribution in [1.29, 1.82) is 0 Å². The standard InChI is InChI=1S/C23H23F2N3O2/c1-15-19(10-12-22(29)26-14-16-7-8-16)23(28(27-15)18-5-3-2-4-6-18)30-21-11-9-17(24)13-20(21)25/h2-6,9,11,13,16H,7-8,10,12,14H2,1H3,(H,26,29). The van der Waals surface area contributed by atoms with Gasteiger partial charge in [-0.2, -0.15) is 5.10 Å². The zero-order chi connectivity index (χ0) is 21.1. The van der Waals surface area contributed by atoms with E-state index < -0.39 is 11.6 Å². The number of hydrogen-bond acceptors (Lipinski definition) is 3. The second-order valence-electron chi connectivity index (χ2n) is 7.54. The van der Waals surface area contributed by atoms with Gasteiger partial charge >= 0.3 is 0 Å². The van der Waals surface area contributed by atoms with E-state index in [1.165, 1.54) is 18.9 Å². The zero-order valence-electron chi connectivity index (χ0n) is 16.7. The molecule has 1 amide bonds. The summed E-state index contributed by atoms with van der Waals surface area (Å²) in [6, 6.07) is 12.5. The summed E-state index contributed by atoms with van der Waals surface area (Å²) in [5.41, 5.74) is 2.14. The fourth-order valence-electron chi connectivity index (χ4n) is 3.24. The molecule has 1 aliphatic rings. The lowest BCUT2D eigenvalue weighted by atomic mass is 10.1. The molecule has 1 aromatic heterocycles. The lowest BCUT2D eigenvalue weighted by Gasteiger charge is -2.12. The van der Waals surface area contributed by atoms with Crippen molar-refractivity contribution >= 4 is 5.91 Å². The fraction of sp³-hybridized carbons (Fsp3) is 0.304. The molecule has 0 unspecified atom stereocenters. The molecule has 5 nitrogen and oxygen atoms in total. The van der Waals surface area contributed by atoms with Gasteiger partial charge in [-0.3, -0.25) is 4.79 Å². The van der Waals surface area contributed by atoms with Crippen LogP contribution in [-0.2, 0) is 11.2 Å². The number of hydrogen-bond donors (Lipinski definition) is 1. The van der Waals surface area contributed by atoms with Gasteiger partial charge < -0.3 is 10.1 Å². The highest BCUT2D eigenvalue weighted by molar-refractivity contribution is 5.76. The summed E-state index contributed by atoms with van der Waals surface area (Å²) in [5.74, 6) is -0.696. The van der Waals surface area contributed by atoms with E-state index in [0.717, 1.165) is 17.8 Å². The molecule has 4 rings (SSSR count). The summed E-state index contributed by atoms with van der Waals surface area (Å²) >= 11 is 0. The molecular weight excluding hydrogens is 388 g/mol. The van der Waals surface area contributed by atoms with Gasteiger partial charge in [-0.1, -0.05) is 18.2 Å². The Hall–Kier alpha value is -3.22. The second kappa shape index (κ2) is 8.65. The predicted molar refractivity (Wildman–Crippen MR) is 109 cm³/mol. The van der Waals surface area contributed by atoms with E-state index >= 15 is 0 Å². The van der Waals surface area contributed by atoms with Gasteiger partial charge in [-0.15, -0.1) is 0 Å². The summed E-state index contributed by atoms with van der Waals surface area (Å²) in [6.45, 7) is 2.54. The smallest absolute Gasteiger partial charge is 0.226 e. The Bertz CT molecular complexity index is 1050. The molecule has 1 fully saturated rings. The first kappa shape index (κ1) is 20.1. The molecule has 30 heavy (non-hydrogen) atoms. The van der Waals surface area contributed by atoms with Crippen LogP contribution in [0.15, 0.2) is 48.5 Å². The van der Waals surface area contributed by atoms with Crippen molar-refractivity contribution in [2.75, 3.05) is 6.54 Å². The molecule has 1 N–H and O–H groups in total. The van der Waals surface area contributed by atoms with Crippen molar-refractivity contribution < 1.29 is 18.3 Å². The maximum absolute atomic E-state index is 14.2. The predicted octanol–water partition coefficient (Wildman–Crippen LogP) is 4.71. The quantitative estimate of drug-likeness (QED) is 0.584. The number of aryl methyl sites for hydroxylation is 1. The highest BCUT2D eigenvalue weighted by Crippen LogP contribution is 2.33. The molecular formula is C23H23F2N3O2. The Balaban J connectivity index is 1.62. The van der Waals surface area contributed by atoms with Crippen LogP contribution in [0.25, 0.3) is 5.69 Å². The van der Waals surface area contributed by atoms with Gasteiger partial charge in [-0.25, -0.2) is 13.5 Å². The third-order valence-corrected chi connectivity index (χ3v) is 5.13. The largest absolute Gasteiger partial charge is 0.436 e. The van der Waals surface area contributed by atoms with E-state index in [9.17, 15) is 13.6 Å². The van der Waals surface area contributed by atoms with Crippen LogP contribution in [0.4, 0.5) is 8.78 Å². The van der Waals surface area contributed by atoms with Gasteiger partial charge in [0.25, 0.3) is 0 Å². The highest BCUT2D eigenvalue weighted by Gasteiger charge is 2.23. The lowest BCUT2D eigenvalue weighted by molar-refractivity contribution is -0.121. The Morgan fingerprint density at radius 2 is 1.97 bits per heavy atom. The number of halogens is 2. The number of carbonyl (C=O) groups is 1. The third-order valence-electron chi connectivity index (χ3n) is 5.13. The number of carbonyl (C=O) groups excluding carboxylic acids is 1. The van der Waals surface area contributed by atoms with Gasteiger partial charge in [0.15, 0.2) is 11.6 Å². The van der Waals surface area contributed by atoms with Gasteiger partial charge in [0.05, 0.1) is 11.4 Å². The normalized spacial score (nSPS) is 13.3. The van der Waals surface area contributed by atoms with Crippen LogP contribution in [0.2, 0.25) is 0 Å². The number of para-hydroxylation sites is 1. The first-order valence-electron chi connectivity index (χ1n) is 10.0. The van der Waals surface area contributed by atoms with Crippen LogP contribution >= 0.6 is 0 Å². The summed E-state index contributed by atoms with van der Waals surface area (Å²) < 4.78 is 35.0. The SMILES string of the molecule is Cc1nn(-c2ccccc2)c(Oc2ccc(F)cc2F)c1CCC(=O)NCC1CC1. The van der Waals surface area contributed by atoms with Crippen LogP contribution in [0.5, 0.6) is 11.6 Å². The van der Waals surface area contributed by atoms with Crippen LogP contribution in [-0.4, -0.2) is 22.2 Å². The van der Waals surface area contributed by atoms with Crippen LogP contribution < -0.4 is 10.1 Å². The van der Waals surface area contributed by atoms with E-state index in [1.54, 1.807) is 4.68 Å². The van der Waals surface area contributed by atoms with Crippen molar-refractivity contribution in [3.05, 3.63) is 71.4 Å². The number of amides is 1.